The zero-order valence-corrected chi connectivity index (χ0v) is 7.58. The van der Waals surface area contributed by atoms with E-state index in [9.17, 15) is 13.2 Å². The normalized spacial score (nSPS) is 30.5. The largest absolute Gasteiger partial charge is 0.418 e. The van der Waals surface area contributed by atoms with Gasteiger partial charge in [-0.25, -0.2) is 0 Å². The smallest absolute Gasteiger partial charge is 0.364 e. The van der Waals surface area contributed by atoms with Crippen molar-refractivity contribution < 1.29 is 17.9 Å². The zero-order valence-electron chi connectivity index (χ0n) is 7.58. The van der Waals surface area contributed by atoms with Crippen LogP contribution in [0, 0.1) is 0 Å². The quantitative estimate of drug-likeness (QED) is 0.727. The zero-order chi connectivity index (χ0) is 9.95. The first-order chi connectivity index (χ1) is 6.02. The Hall–Kier alpha value is -0.290. The summed E-state index contributed by atoms with van der Waals surface area (Å²) in [5, 5.41) is 2.72. The molecule has 1 fully saturated rings. The summed E-state index contributed by atoms with van der Waals surface area (Å²) in [6.07, 6.45) is -3.69. The average molecular weight is 197 g/mol. The third-order valence-corrected chi connectivity index (χ3v) is 2.28. The lowest BCUT2D eigenvalue weighted by atomic mass is 9.93. The standard InChI is InChI=1S/C8H14F3NO/c1-2-13-7(8(9,10)11)4-3-5-12-6-7/h12H,2-6H2,1H3. The Morgan fingerprint density at radius 3 is 2.54 bits per heavy atom. The summed E-state index contributed by atoms with van der Waals surface area (Å²) in [5.41, 5.74) is -1.94. The summed E-state index contributed by atoms with van der Waals surface area (Å²) in [4.78, 5) is 0. The van der Waals surface area contributed by atoms with E-state index in [-0.39, 0.29) is 19.6 Å². The lowest BCUT2D eigenvalue weighted by Crippen LogP contribution is -2.57. The Morgan fingerprint density at radius 1 is 1.46 bits per heavy atom. The summed E-state index contributed by atoms with van der Waals surface area (Å²) >= 11 is 0. The number of hydrogen-bond acceptors (Lipinski definition) is 2. The van der Waals surface area contributed by atoms with Crippen LogP contribution in [-0.4, -0.2) is 31.5 Å². The molecule has 1 heterocycles. The molecular weight excluding hydrogens is 183 g/mol. The van der Waals surface area contributed by atoms with Crippen LogP contribution in [0.15, 0.2) is 0 Å². The summed E-state index contributed by atoms with van der Waals surface area (Å²) in [6.45, 7) is 2.21. The molecule has 0 bridgehead atoms. The highest BCUT2D eigenvalue weighted by molar-refractivity contribution is 4.93. The summed E-state index contributed by atoms with van der Waals surface area (Å²) in [5.74, 6) is 0. The second-order valence-corrected chi connectivity index (χ2v) is 3.21. The van der Waals surface area contributed by atoms with Crippen LogP contribution in [-0.2, 0) is 4.74 Å². The lowest BCUT2D eigenvalue weighted by Gasteiger charge is -2.38. The van der Waals surface area contributed by atoms with Gasteiger partial charge in [0.1, 0.15) is 0 Å². The van der Waals surface area contributed by atoms with E-state index in [1.807, 2.05) is 0 Å². The van der Waals surface area contributed by atoms with Crippen LogP contribution in [0.5, 0.6) is 0 Å². The molecule has 0 aromatic rings. The van der Waals surface area contributed by atoms with Crippen molar-refractivity contribution in [2.75, 3.05) is 19.7 Å². The van der Waals surface area contributed by atoms with Gasteiger partial charge in [-0.2, -0.15) is 13.2 Å². The molecule has 0 aliphatic carbocycles. The molecular formula is C8H14F3NO. The van der Waals surface area contributed by atoms with E-state index in [1.54, 1.807) is 6.92 Å². The van der Waals surface area contributed by atoms with Gasteiger partial charge in [0.25, 0.3) is 0 Å². The molecule has 0 radical (unpaired) electrons. The molecule has 0 spiro atoms. The Kier molecular flexibility index (Phi) is 3.18. The van der Waals surface area contributed by atoms with Crippen LogP contribution in [0.3, 0.4) is 0 Å². The van der Waals surface area contributed by atoms with Crippen molar-refractivity contribution in [3.05, 3.63) is 0 Å². The Morgan fingerprint density at radius 2 is 2.15 bits per heavy atom. The van der Waals surface area contributed by atoms with Gasteiger partial charge in [-0.1, -0.05) is 0 Å². The minimum absolute atomic E-state index is 0.0668. The minimum Gasteiger partial charge on any atom is -0.364 e. The molecule has 2 nitrogen and oxygen atoms in total. The second kappa shape index (κ2) is 3.84. The van der Waals surface area contributed by atoms with Crippen molar-refractivity contribution in [1.29, 1.82) is 0 Å². The van der Waals surface area contributed by atoms with Crippen LogP contribution < -0.4 is 5.32 Å². The Labute approximate surface area is 75.4 Å². The highest BCUT2D eigenvalue weighted by atomic mass is 19.4. The van der Waals surface area contributed by atoms with Crippen molar-refractivity contribution in [2.45, 2.75) is 31.5 Å². The van der Waals surface area contributed by atoms with Crippen molar-refractivity contribution >= 4 is 0 Å². The van der Waals surface area contributed by atoms with E-state index in [2.05, 4.69) is 5.32 Å². The van der Waals surface area contributed by atoms with Crippen molar-refractivity contribution in [2.24, 2.45) is 0 Å². The number of halogens is 3. The molecule has 1 saturated heterocycles. The molecule has 1 rings (SSSR count). The first-order valence-corrected chi connectivity index (χ1v) is 4.43. The van der Waals surface area contributed by atoms with E-state index < -0.39 is 11.8 Å². The van der Waals surface area contributed by atoms with E-state index in [0.717, 1.165) is 0 Å². The SMILES string of the molecule is CCOC1(C(F)(F)F)CCCNC1. The summed E-state index contributed by atoms with van der Waals surface area (Å²) < 4.78 is 42.7. The average Bonchev–Trinajstić information content (AvgIpc) is 2.04. The van der Waals surface area contributed by atoms with Gasteiger partial charge in [-0.15, -0.1) is 0 Å². The van der Waals surface area contributed by atoms with Crippen molar-refractivity contribution in [3.63, 3.8) is 0 Å². The Bertz CT molecular complexity index is 158. The maximum atomic E-state index is 12.6. The highest BCUT2D eigenvalue weighted by Gasteiger charge is 2.55. The third-order valence-electron chi connectivity index (χ3n) is 2.28. The van der Waals surface area contributed by atoms with Crippen molar-refractivity contribution in [3.8, 4) is 0 Å². The summed E-state index contributed by atoms with van der Waals surface area (Å²) in [6, 6.07) is 0. The fraction of sp³-hybridized carbons (Fsp3) is 1.00. The van der Waals surface area contributed by atoms with Crippen LogP contribution in [0.2, 0.25) is 0 Å². The molecule has 0 saturated carbocycles. The van der Waals surface area contributed by atoms with E-state index >= 15 is 0 Å². The molecule has 13 heavy (non-hydrogen) atoms. The van der Waals surface area contributed by atoms with Gasteiger partial charge in [-0.3, -0.25) is 0 Å². The van der Waals surface area contributed by atoms with Crippen LogP contribution in [0.25, 0.3) is 0 Å². The number of hydrogen-bond donors (Lipinski definition) is 1. The monoisotopic (exact) mass is 197 g/mol. The Balaban J connectivity index is 2.73. The molecule has 78 valence electrons. The van der Waals surface area contributed by atoms with Gasteiger partial charge < -0.3 is 10.1 Å². The number of piperidine rings is 1. The van der Waals surface area contributed by atoms with Gasteiger partial charge in [0.2, 0.25) is 0 Å². The molecule has 1 aliphatic rings. The fourth-order valence-corrected chi connectivity index (χ4v) is 1.60. The van der Waals surface area contributed by atoms with Gasteiger partial charge in [-0.05, 0) is 26.3 Å². The van der Waals surface area contributed by atoms with Gasteiger partial charge in [0.15, 0.2) is 5.60 Å². The molecule has 1 N–H and O–H groups in total. The van der Waals surface area contributed by atoms with Crippen LogP contribution in [0.1, 0.15) is 19.8 Å². The van der Waals surface area contributed by atoms with E-state index in [1.165, 1.54) is 0 Å². The number of ether oxygens (including phenoxy) is 1. The predicted octanol–water partition coefficient (Wildman–Crippen LogP) is 1.71. The third kappa shape index (κ3) is 2.14. The number of alkyl halides is 3. The molecule has 0 aromatic carbocycles. The molecule has 0 aromatic heterocycles. The number of nitrogens with one attached hydrogen (secondary N) is 1. The lowest BCUT2D eigenvalue weighted by molar-refractivity contribution is -0.281. The van der Waals surface area contributed by atoms with Gasteiger partial charge >= 0.3 is 6.18 Å². The molecule has 5 heteroatoms. The topological polar surface area (TPSA) is 21.3 Å². The van der Waals surface area contributed by atoms with Crippen molar-refractivity contribution in [1.82, 2.24) is 5.32 Å². The second-order valence-electron chi connectivity index (χ2n) is 3.21. The highest BCUT2D eigenvalue weighted by Crippen LogP contribution is 2.38. The van der Waals surface area contributed by atoms with Crippen LogP contribution in [0.4, 0.5) is 13.2 Å². The molecule has 1 aliphatic heterocycles. The minimum atomic E-state index is -4.27. The number of rotatable bonds is 2. The first-order valence-electron chi connectivity index (χ1n) is 4.43. The fourth-order valence-electron chi connectivity index (χ4n) is 1.60. The molecule has 0 amide bonds. The van der Waals surface area contributed by atoms with Gasteiger partial charge in [0, 0.05) is 13.2 Å². The maximum Gasteiger partial charge on any atom is 0.418 e. The molecule has 1 atom stereocenters. The van der Waals surface area contributed by atoms with E-state index in [0.29, 0.717) is 13.0 Å². The van der Waals surface area contributed by atoms with Crippen LogP contribution >= 0.6 is 0 Å². The maximum absolute atomic E-state index is 12.6. The predicted molar refractivity (Wildman–Crippen MR) is 42.5 cm³/mol. The first kappa shape index (κ1) is 10.8. The molecule has 1 unspecified atom stereocenters. The summed E-state index contributed by atoms with van der Waals surface area (Å²) in [7, 11) is 0. The van der Waals surface area contributed by atoms with Gasteiger partial charge in [0.05, 0.1) is 0 Å². The van der Waals surface area contributed by atoms with E-state index in [4.69, 9.17) is 4.74 Å².